The van der Waals surface area contributed by atoms with Gasteiger partial charge in [-0.1, -0.05) is 121 Å². The number of Topliss-reactive ketones (excluding diaryl/α,β-unsaturated/α-hetero) is 2. The van der Waals surface area contributed by atoms with E-state index in [1.165, 1.54) is 0 Å². The molecule has 1 aliphatic rings. The molecule has 0 amide bonds. The molecule has 0 saturated carbocycles. The Balaban J connectivity index is 1.86. The summed E-state index contributed by atoms with van der Waals surface area (Å²) in [4.78, 5) is 28.7. The van der Waals surface area contributed by atoms with Gasteiger partial charge in [0.25, 0.3) is 0 Å². The van der Waals surface area contributed by atoms with Crippen LogP contribution in [0.5, 0.6) is 0 Å². The molecule has 0 atom stereocenters. The molecule has 0 aliphatic heterocycles. The molecule has 0 heterocycles. The predicted octanol–water partition coefficient (Wildman–Crippen LogP) is 5.74. The van der Waals surface area contributed by atoms with E-state index in [0.29, 0.717) is 22.3 Å². The van der Waals surface area contributed by atoms with Crippen molar-refractivity contribution in [3.8, 4) is 0 Å². The maximum Gasteiger partial charge on any atom is 0.187 e. The second-order valence-corrected chi connectivity index (χ2v) is 7.62. The second kappa shape index (κ2) is 7.66. The van der Waals surface area contributed by atoms with Crippen molar-refractivity contribution >= 4 is 22.7 Å². The van der Waals surface area contributed by atoms with Crippen LogP contribution in [0.2, 0.25) is 0 Å². The summed E-state index contributed by atoms with van der Waals surface area (Å²) in [5, 5.41) is 0. The van der Waals surface area contributed by atoms with E-state index < -0.39 is 5.41 Å². The summed E-state index contributed by atoms with van der Waals surface area (Å²) >= 11 is 0. The van der Waals surface area contributed by atoms with Gasteiger partial charge in [-0.05, 0) is 22.3 Å². The van der Waals surface area contributed by atoms with Crippen LogP contribution in [0.4, 0.5) is 0 Å². The van der Waals surface area contributed by atoms with Crippen molar-refractivity contribution in [3.63, 3.8) is 0 Å². The molecule has 0 radical (unpaired) electrons. The van der Waals surface area contributed by atoms with E-state index >= 15 is 0 Å². The molecule has 0 aromatic heterocycles. The van der Waals surface area contributed by atoms with Gasteiger partial charge in [0.15, 0.2) is 11.6 Å². The highest BCUT2D eigenvalue weighted by atomic mass is 16.2. The largest absolute Gasteiger partial charge is 0.292 e. The summed E-state index contributed by atoms with van der Waals surface area (Å²) in [6.45, 7) is 0. The van der Waals surface area contributed by atoms with E-state index in [9.17, 15) is 9.59 Å². The minimum absolute atomic E-state index is 0.181. The van der Waals surface area contributed by atoms with Crippen molar-refractivity contribution in [1.82, 2.24) is 0 Å². The Morgan fingerprint density at radius 1 is 0.387 bits per heavy atom. The Labute approximate surface area is 181 Å². The molecule has 4 aromatic rings. The summed E-state index contributed by atoms with van der Waals surface area (Å²) in [6, 6.07) is 37.8. The number of benzene rings is 4. The molecular formula is C29H20O2. The number of carbonyl (C=O) groups is 2. The predicted molar refractivity (Wildman–Crippen MR) is 123 cm³/mol. The lowest BCUT2D eigenvalue weighted by atomic mass is 9.69. The molecule has 1 aliphatic carbocycles. The van der Waals surface area contributed by atoms with E-state index in [0.717, 1.165) is 11.1 Å². The fourth-order valence-corrected chi connectivity index (χ4v) is 4.53. The van der Waals surface area contributed by atoms with Gasteiger partial charge in [0.1, 0.15) is 5.41 Å². The maximum absolute atomic E-state index is 14.3. The molecule has 0 fully saturated rings. The minimum Gasteiger partial charge on any atom is -0.292 e. The fourth-order valence-electron chi connectivity index (χ4n) is 4.53. The average molecular weight is 400 g/mol. The summed E-state index contributed by atoms with van der Waals surface area (Å²) in [7, 11) is 0. The highest BCUT2D eigenvalue weighted by molar-refractivity contribution is 6.57. The summed E-state index contributed by atoms with van der Waals surface area (Å²) in [6.07, 6.45) is 0. The van der Waals surface area contributed by atoms with E-state index in [-0.39, 0.29) is 11.6 Å². The van der Waals surface area contributed by atoms with Crippen molar-refractivity contribution < 1.29 is 9.59 Å². The van der Waals surface area contributed by atoms with Crippen LogP contribution in [-0.4, -0.2) is 11.6 Å². The van der Waals surface area contributed by atoms with Crippen LogP contribution >= 0.6 is 0 Å². The van der Waals surface area contributed by atoms with E-state index in [2.05, 4.69) is 0 Å². The standard InChI is InChI=1S/C29H20O2/c30-27-25(21-13-5-1-6-14-21)26(22-15-7-2-8-16-22)28(31)29(27,23-17-9-3-10-18-23)24-19-11-4-12-20-24/h1-20H. The molecule has 0 N–H and O–H groups in total. The van der Waals surface area contributed by atoms with Gasteiger partial charge in [-0.25, -0.2) is 0 Å². The van der Waals surface area contributed by atoms with Crippen molar-refractivity contribution in [2.45, 2.75) is 5.41 Å². The van der Waals surface area contributed by atoms with Gasteiger partial charge in [-0.3, -0.25) is 9.59 Å². The Morgan fingerprint density at radius 2 is 0.677 bits per heavy atom. The lowest BCUT2D eigenvalue weighted by Gasteiger charge is -2.28. The average Bonchev–Trinajstić information content (AvgIpc) is 3.08. The lowest BCUT2D eigenvalue weighted by molar-refractivity contribution is -0.125. The van der Waals surface area contributed by atoms with Gasteiger partial charge in [-0.15, -0.1) is 0 Å². The molecule has 5 rings (SSSR count). The first-order chi connectivity index (χ1) is 15.2. The van der Waals surface area contributed by atoms with Gasteiger partial charge in [-0.2, -0.15) is 0 Å². The maximum atomic E-state index is 14.3. The first kappa shape index (κ1) is 19.0. The zero-order valence-electron chi connectivity index (χ0n) is 16.9. The third-order valence-electron chi connectivity index (χ3n) is 5.92. The van der Waals surface area contributed by atoms with Crippen LogP contribution < -0.4 is 0 Å². The quantitative estimate of drug-likeness (QED) is 0.410. The molecule has 0 bridgehead atoms. The topological polar surface area (TPSA) is 34.1 Å². The molecular weight excluding hydrogens is 380 g/mol. The van der Waals surface area contributed by atoms with Crippen LogP contribution in [0.15, 0.2) is 121 Å². The van der Waals surface area contributed by atoms with Crippen molar-refractivity contribution in [1.29, 1.82) is 0 Å². The van der Waals surface area contributed by atoms with Gasteiger partial charge < -0.3 is 0 Å². The van der Waals surface area contributed by atoms with E-state index in [1.807, 2.05) is 121 Å². The van der Waals surface area contributed by atoms with Gasteiger partial charge in [0, 0.05) is 11.1 Å². The van der Waals surface area contributed by atoms with Gasteiger partial charge >= 0.3 is 0 Å². The highest BCUT2D eigenvalue weighted by Crippen LogP contribution is 2.49. The smallest absolute Gasteiger partial charge is 0.187 e. The molecule has 0 spiro atoms. The van der Waals surface area contributed by atoms with E-state index in [1.54, 1.807) is 0 Å². The van der Waals surface area contributed by atoms with Crippen molar-refractivity contribution in [3.05, 3.63) is 144 Å². The zero-order chi connectivity index (χ0) is 21.3. The third kappa shape index (κ3) is 2.88. The Kier molecular flexibility index (Phi) is 4.68. The van der Waals surface area contributed by atoms with E-state index in [4.69, 9.17) is 0 Å². The molecule has 2 heteroatoms. The molecule has 148 valence electrons. The van der Waals surface area contributed by atoms with Crippen LogP contribution in [0.1, 0.15) is 22.3 Å². The summed E-state index contributed by atoms with van der Waals surface area (Å²) in [5.41, 5.74) is 2.45. The number of allylic oxidation sites excluding steroid dienone is 2. The fraction of sp³-hybridized carbons (Fsp3) is 0.0345. The van der Waals surface area contributed by atoms with Crippen molar-refractivity contribution in [2.75, 3.05) is 0 Å². The second-order valence-electron chi connectivity index (χ2n) is 7.62. The SMILES string of the molecule is O=C1C(c2ccccc2)=C(c2ccccc2)C(=O)C1(c1ccccc1)c1ccccc1. The molecule has 0 unspecified atom stereocenters. The molecule has 0 saturated heterocycles. The Morgan fingerprint density at radius 3 is 1.00 bits per heavy atom. The van der Waals surface area contributed by atoms with Crippen LogP contribution in [0, 0.1) is 0 Å². The van der Waals surface area contributed by atoms with Crippen LogP contribution in [-0.2, 0) is 15.0 Å². The van der Waals surface area contributed by atoms with Crippen LogP contribution in [0.25, 0.3) is 11.1 Å². The number of ketones is 2. The Bertz CT molecular complexity index is 1170. The monoisotopic (exact) mass is 400 g/mol. The number of carbonyl (C=O) groups excluding carboxylic acids is 2. The van der Waals surface area contributed by atoms with Crippen LogP contribution in [0.3, 0.4) is 0 Å². The number of hydrogen-bond donors (Lipinski definition) is 0. The summed E-state index contributed by atoms with van der Waals surface area (Å²) in [5.74, 6) is -0.361. The molecule has 2 nitrogen and oxygen atoms in total. The zero-order valence-corrected chi connectivity index (χ0v) is 16.9. The van der Waals surface area contributed by atoms with Crippen molar-refractivity contribution in [2.24, 2.45) is 0 Å². The first-order valence-corrected chi connectivity index (χ1v) is 10.3. The summed E-state index contributed by atoms with van der Waals surface area (Å²) < 4.78 is 0. The normalized spacial score (nSPS) is 15.4. The number of hydrogen-bond acceptors (Lipinski definition) is 2. The number of rotatable bonds is 4. The highest BCUT2D eigenvalue weighted by Gasteiger charge is 2.56. The molecule has 31 heavy (non-hydrogen) atoms. The minimum atomic E-state index is -1.40. The first-order valence-electron chi connectivity index (χ1n) is 10.3. The van der Waals surface area contributed by atoms with Gasteiger partial charge in [0.05, 0.1) is 0 Å². The van der Waals surface area contributed by atoms with Gasteiger partial charge in [0.2, 0.25) is 0 Å². The third-order valence-corrected chi connectivity index (χ3v) is 5.92. The lowest BCUT2D eigenvalue weighted by Crippen LogP contribution is -2.41. The molecule has 4 aromatic carbocycles. The Hall–Kier alpha value is -4.04.